The van der Waals surface area contributed by atoms with E-state index in [2.05, 4.69) is 26.1 Å². The fourth-order valence-corrected chi connectivity index (χ4v) is 2.18. The molecule has 0 aliphatic rings. The first-order chi connectivity index (χ1) is 6.81. The van der Waals surface area contributed by atoms with Gasteiger partial charge in [-0.2, -0.15) is 11.3 Å². The molecule has 1 aromatic heterocycles. The minimum Gasteiger partial charge on any atom is -0.385 e. The predicted molar refractivity (Wildman–Crippen MR) is 66.3 cm³/mol. The molecule has 1 rings (SSSR count). The Morgan fingerprint density at radius 2 is 2.00 bits per heavy atom. The van der Waals surface area contributed by atoms with Gasteiger partial charge in [0.15, 0.2) is 0 Å². The molecule has 86 valence electrons. The summed E-state index contributed by atoms with van der Waals surface area (Å²) in [5.74, 6) is 0. The van der Waals surface area contributed by atoms with Crippen LogP contribution in [0.4, 0.5) is 0 Å². The Hall–Kier alpha value is -0.380. The van der Waals surface area contributed by atoms with Crippen LogP contribution >= 0.6 is 11.3 Å². The molecular weight excluding hydrogens is 206 g/mol. The molecule has 0 radical (unpaired) electrons. The Kier molecular flexibility index (Phi) is 3.93. The normalized spacial score (nSPS) is 16.3. The summed E-state index contributed by atoms with van der Waals surface area (Å²) < 4.78 is 0. The fourth-order valence-electron chi connectivity index (χ4n) is 1.40. The molecule has 3 heteroatoms. The molecule has 0 saturated carbocycles. The first kappa shape index (κ1) is 12.7. The highest BCUT2D eigenvalue weighted by molar-refractivity contribution is 7.08. The molecule has 0 aliphatic heterocycles. The van der Waals surface area contributed by atoms with Crippen LogP contribution in [0.25, 0.3) is 0 Å². The first-order valence-electron chi connectivity index (χ1n) is 5.31. The lowest BCUT2D eigenvalue weighted by molar-refractivity contribution is 0.0468. The molecule has 0 saturated heterocycles. The molecule has 1 aromatic rings. The van der Waals surface area contributed by atoms with Gasteiger partial charge in [0.2, 0.25) is 0 Å². The van der Waals surface area contributed by atoms with Crippen molar-refractivity contribution in [3.8, 4) is 0 Å². The van der Waals surface area contributed by atoms with Crippen molar-refractivity contribution >= 4 is 11.3 Å². The lowest BCUT2D eigenvalue weighted by Crippen LogP contribution is -2.39. The van der Waals surface area contributed by atoms with E-state index >= 15 is 0 Å². The molecule has 0 aromatic carbocycles. The van der Waals surface area contributed by atoms with Crippen LogP contribution in [0.15, 0.2) is 16.8 Å². The topological polar surface area (TPSA) is 32.3 Å². The number of hydrogen-bond acceptors (Lipinski definition) is 3. The zero-order chi connectivity index (χ0) is 11.5. The van der Waals surface area contributed by atoms with Crippen molar-refractivity contribution < 1.29 is 5.11 Å². The molecular formula is C12H21NOS. The third-order valence-corrected chi connectivity index (χ3v) is 3.09. The van der Waals surface area contributed by atoms with Gasteiger partial charge in [0.25, 0.3) is 0 Å². The van der Waals surface area contributed by atoms with Gasteiger partial charge in [-0.05, 0) is 63.1 Å². The molecule has 2 N–H and O–H groups in total. The fraction of sp³-hybridized carbons (Fsp3) is 0.667. The molecule has 0 bridgehead atoms. The minimum atomic E-state index is -0.710. The average molecular weight is 227 g/mol. The van der Waals surface area contributed by atoms with Crippen molar-refractivity contribution in [3.05, 3.63) is 22.4 Å². The lowest BCUT2D eigenvalue weighted by atomic mass is 9.95. The van der Waals surface area contributed by atoms with E-state index in [0.29, 0.717) is 0 Å². The van der Waals surface area contributed by atoms with E-state index in [1.165, 1.54) is 0 Å². The predicted octanol–water partition coefficient (Wildman–Crippen LogP) is 2.73. The number of nitrogens with one attached hydrogen (secondary N) is 1. The highest BCUT2D eigenvalue weighted by atomic mass is 32.1. The van der Waals surface area contributed by atoms with Gasteiger partial charge in [0.05, 0.1) is 5.60 Å². The van der Waals surface area contributed by atoms with E-state index in [4.69, 9.17) is 0 Å². The van der Waals surface area contributed by atoms with Crippen molar-refractivity contribution in [2.24, 2.45) is 0 Å². The molecule has 0 spiro atoms. The number of hydrogen-bond donors (Lipinski definition) is 2. The van der Waals surface area contributed by atoms with Crippen molar-refractivity contribution in [1.82, 2.24) is 5.32 Å². The molecule has 0 aliphatic carbocycles. The summed E-state index contributed by atoms with van der Waals surface area (Å²) in [5, 5.41) is 17.6. The largest absolute Gasteiger partial charge is 0.385 e. The van der Waals surface area contributed by atoms with E-state index < -0.39 is 5.60 Å². The smallest absolute Gasteiger partial charge is 0.0888 e. The molecule has 0 amide bonds. The third kappa shape index (κ3) is 4.33. The quantitative estimate of drug-likeness (QED) is 0.829. The number of rotatable bonds is 4. The summed E-state index contributed by atoms with van der Waals surface area (Å²) >= 11 is 1.63. The minimum absolute atomic E-state index is 0.116. The summed E-state index contributed by atoms with van der Waals surface area (Å²) in [5.41, 5.74) is 0.423. The zero-order valence-electron chi connectivity index (χ0n) is 10.0. The SMILES string of the molecule is CC(C)(C)NCCC(C)(O)c1ccsc1. The van der Waals surface area contributed by atoms with Crippen LogP contribution in [-0.2, 0) is 5.60 Å². The molecule has 15 heavy (non-hydrogen) atoms. The maximum absolute atomic E-state index is 10.2. The van der Waals surface area contributed by atoms with Crippen molar-refractivity contribution in [2.75, 3.05) is 6.54 Å². The van der Waals surface area contributed by atoms with Crippen LogP contribution in [0.3, 0.4) is 0 Å². The second-order valence-electron chi connectivity index (χ2n) is 5.21. The Morgan fingerprint density at radius 3 is 2.47 bits per heavy atom. The maximum atomic E-state index is 10.2. The van der Waals surface area contributed by atoms with Gasteiger partial charge in [-0.15, -0.1) is 0 Å². The summed E-state index contributed by atoms with van der Waals surface area (Å²) in [6, 6.07) is 1.99. The van der Waals surface area contributed by atoms with Crippen LogP contribution in [0.5, 0.6) is 0 Å². The van der Waals surface area contributed by atoms with E-state index in [1.807, 2.05) is 23.8 Å². The highest BCUT2D eigenvalue weighted by Crippen LogP contribution is 2.25. The zero-order valence-corrected chi connectivity index (χ0v) is 10.8. The van der Waals surface area contributed by atoms with Gasteiger partial charge >= 0.3 is 0 Å². The van der Waals surface area contributed by atoms with Gasteiger partial charge < -0.3 is 10.4 Å². The van der Waals surface area contributed by atoms with Crippen LogP contribution in [0.2, 0.25) is 0 Å². The summed E-state index contributed by atoms with van der Waals surface area (Å²) in [7, 11) is 0. The Bertz CT molecular complexity index is 285. The second-order valence-corrected chi connectivity index (χ2v) is 5.99. The van der Waals surface area contributed by atoms with Crippen LogP contribution in [-0.4, -0.2) is 17.2 Å². The summed E-state index contributed by atoms with van der Waals surface area (Å²) in [4.78, 5) is 0. The third-order valence-electron chi connectivity index (χ3n) is 2.41. The van der Waals surface area contributed by atoms with E-state index in [0.717, 1.165) is 18.5 Å². The Balaban J connectivity index is 2.44. The molecule has 0 fully saturated rings. The first-order valence-corrected chi connectivity index (χ1v) is 6.26. The average Bonchev–Trinajstić information content (AvgIpc) is 2.52. The Labute approximate surface area is 96.3 Å². The van der Waals surface area contributed by atoms with Crippen LogP contribution < -0.4 is 5.32 Å². The standard InChI is InChI=1S/C12H21NOS/c1-11(2,3)13-7-6-12(4,14)10-5-8-15-9-10/h5,8-9,13-14H,6-7H2,1-4H3. The second kappa shape index (κ2) is 4.64. The van der Waals surface area contributed by atoms with Crippen LogP contribution in [0, 0.1) is 0 Å². The molecule has 1 unspecified atom stereocenters. The molecule has 1 heterocycles. The summed E-state index contributed by atoms with van der Waals surface area (Å²) in [6.07, 6.45) is 0.737. The Morgan fingerprint density at radius 1 is 1.33 bits per heavy atom. The number of thiophene rings is 1. The number of aliphatic hydroxyl groups is 1. The van der Waals surface area contributed by atoms with Crippen LogP contribution in [0.1, 0.15) is 39.7 Å². The molecule has 2 nitrogen and oxygen atoms in total. The highest BCUT2D eigenvalue weighted by Gasteiger charge is 2.23. The monoisotopic (exact) mass is 227 g/mol. The van der Waals surface area contributed by atoms with Gasteiger partial charge in [-0.25, -0.2) is 0 Å². The van der Waals surface area contributed by atoms with Crippen molar-refractivity contribution in [2.45, 2.75) is 45.3 Å². The van der Waals surface area contributed by atoms with Gasteiger partial charge in [-0.1, -0.05) is 0 Å². The van der Waals surface area contributed by atoms with E-state index in [9.17, 15) is 5.11 Å². The van der Waals surface area contributed by atoms with Gasteiger partial charge in [0.1, 0.15) is 0 Å². The van der Waals surface area contributed by atoms with Crippen molar-refractivity contribution in [3.63, 3.8) is 0 Å². The lowest BCUT2D eigenvalue weighted by Gasteiger charge is -2.26. The van der Waals surface area contributed by atoms with E-state index in [1.54, 1.807) is 11.3 Å². The van der Waals surface area contributed by atoms with Gasteiger partial charge in [0, 0.05) is 5.54 Å². The molecule has 1 atom stereocenters. The summed E-state index contributed by atoms with van der Waals surface area (Å²) in [6.45, 7) is 9.09. The van der Waals surface area contributed by atoms with Crippen molar-refractivity contribution in [1.29, 1.82) is 0 Å². The van der Waals surface area contributed by atoms with E-state index in [-0.39, 0.29) is 5.54 Å². The van der Waals surface area contributed by atoms with Gasteiger partial charge in [-0.3, -0.25) is 0 Å². The maximum Gasteiger partial charge on any atom is 0.0888 e.